The Morgan fingerprint density at radius 1 is 1.24 bits per heavy atom. The number of carbonyl (C=O) groups excluding carboxylic acids is 1. The van der Waals surface area contributed by atoms with Crippen molar-refractivity contribution >= 4 is 13.6 Å². The molecule has 0 aliphatic carbocycles. The van der Waals surface area contributed by atoms with Crippen LogP contribution in [0.15, 0.2) is 0 Å². The van der Waals surface area contributed by atoms with Crippen molar-refractivity contribution in [1.29, 1.82) is 0 Å². The third-order valence-corrected chi connectivity index (χ3v) is 4.01. The van der Waals surface area contributed by atoms with Gasteiger partial charge in [0.25, 0.3) is 0 Å². The minimum absolute atomic E-state index is 0.213. The summed E-state index contributed by atoms with van der Waals surface area (Å²) in [5, 5.41) is 0. The summed E-state index contributed by atoms with van der Waals surface area (Å²) in [5.41, 5.74) is -0.648. The maximum atomic E-state index is 11.8. The lowest BCUT2D eigenvalue weighted by molar-refractivity contribution is -0.313. The van der Waals surface area contributed by atoms with E-state index in [4.69, 9.17) is 4.74 Å². The number of carbonyl (C=O) groups is 1. The van der Waals surface area contributed by atoms with Crippen LogP contribution < -0.4 is 9.79 Å². The van der Waals surface area contributed by atoms with Gasteiger partial charge in [-0.2, -0.15) is 0 Å². The average Bonchev–Trinajstić information content (AvgIpc) is 2.23. The Morgan fingerprint density at radius 3 is 2.12 bits per heavy atom. The van der Waals surface area contributed by atoms with Gasteiger partial charge in [0.05, 0.1) is 12.0 Å². The van der Waals surface area contributed by atoms with Crippen molar-refractivity contribution < 1.29 is 23.9 Å². The van der Waals surface area contributed by atoms with E-state index in [0.29, 0.717) is 25.9 Å². The second kappa shape index (κ2) is 7.14. The topological polar surface area (TPSA) is 89.5 Å². The van der Waals surface area contributed by atoms with E-state index in [0.717, 1.165) is 0 Å². The van der Waals surface area contributed by atoms with E-state index in [-0.39, 0.29) is 12.4 Å². The average molecular weight is 264 g/mol. The second-order valence-corrected chi connectivity index (χ2v) is 5.81. The minimum atomic E-state index is -4.47. The summed E-state index contributed by atoms with van der Waals surface area (Å²) in [6, 6.07) is 0. The first-order chi connectivity index (χ1) is 7.81. The van der Waals surface area contributed by atoms with Crippen LogP contribution in [0.1, 0.15) is 46.5 Å². The zero-order valence-electron chi connectivity index (χ0n) is 10.7. The fourth-order valence-electron chi connectivity index (χ4n) is 1.89. The van der Waals surface area contributed by atoms with E-state index >= 15 is 0 Å². The zero-order chi connectivity index (χ0) is 13.5. The molecule has 0 N–H and O–H groups in total. The first-order valence-corrected chi connectivity index (χ1v) is 7.72. The molecule has 0 heterocycles. The molecule has 0 saturated carbocycles. The summed E-state index contributed by atoms with van der Waals surface area (Å²) >= 11 is 0. The van der Waals surface area contributed by atoms with E-state index in [1.807, 2.05) is 13.8 Å². The molecular formula is C11H21O5P-2. The first kappa shape index (κ1) is 16.6. The van der Waals surface area contributed by atoms with Crippen molar-refractivity contribution in [2.24, 2.45) is 5.41 Å². The van der Waals surface area contributed by atoms with E-state index in [9.17, 15) is 19.1 Å². The number of esters is 1. The largest absolute Gasteiger partial charge is 0.811 e. The van der Waals surface area contributed by atoms with Crippen LogP contribution in [0, 0.1) is 5.41 Å². The summed E-state index contributed by atoms with van der Waals surface area (Å²) < 4.78 is 15.6. The molecule has 0 amide bonds. The van der Waals surface area contributed by atoms with Crippen molar-refractivity contribution in [3.63, 3.8) is 0 Å². The highest BCUT2D eigenvalue weighted by Gasteiger charge is 2.35. The van der Waals surface area contributed by atoms with E-state index in [2.05, 4.69) is 0 Å². The molecule has 5 nitrogen and oxygen atoms in total. The summed E-state index contributed by atoms with van der Waals surface area (Å²) in [6.45, 7) is 5.78. The van der Waals surface area contributed by atoms with Gasteiger partial charge >= 0.3 is 5.97 Å². The molecule has 6 heteroatoms. The van der Waals surface area contributed by atoms with Gasteiger partial charge in [-0.15, -0.1) is 0 Å². The third-order valence-electron chi connectivity index (χ3n) is 3.15. The summed E-state index contributed by atoms with van der Waals surface area (Å²) in [4.78, 5) is 32.9. The van der Waals surface area contributed by atoms with Gasteiger partial charge in [-0.3, -0.25) is 4.79 Å². The normalized spacial score (nSPS) is 12.5. The maximum absolute atomic E-state index is 11.8. The van der Waals surface area contributed by atoms with Crippen LogP contribution in [0.2, 0.25) is 0 Å². The Bertz CT molecular complexity index is 280. The van der Waals surface area contributed by atoms with E-state index in [1.165, 1.54) is 0 Å². The Kier molecular flexibility index (Phi) is 6.98. The minimum Gasteiger partial charge on any atom is -0.811 e. The van der Waals surface area contributed by atoms with Crippen molar-refractivity contribution in [1.82, 2.24) is 0 Å². The maximum Gasteiger partial charge on any atom is 0.312 e. The molecule has 0 aromatic carbocycles. The van der Waals surface area contributed by atoms with Gasteiger partial charge in [-0.1, -0.05) is 21.4 Å². The van der Waals surface area contributed by atoms with Crippen LogP contribution >= 0.6 is 7.60 Å². The van der Waals surface area contributed by atoms with Gasteiger partial charge in [-0.25, -0.2) is 0 Å². The molecule has 0 aliphatic heterocycles. The number of ether oxygens (including phenoxy) is 1. The zero-order valence-corrected chi connectivity index (χ0v) is 11.6. The van der Waals surface area contributed by atoms with Crippen molar-refractivity contribution in [2.45, 2.75) is 46.5 Å². The molecule has 0 fully saturated rings. The van der Waals surface area contributed by atoms with E-state index in [1.54, 1.807) is 6.92 Å². The molecule has 0 radical (unpaired) electrons. The Morgan fingerprint density at radius 2 is 1.76 bits per heavy atom. The molecule has 0 atom stereocenters. The van der Waals surface area contributed by atoms with E-state index < -0.39 is 19.2 Å². The van der Waals surface area contributed by atoms with Gasteiger partial charge < -0.3 is 19.1 Å². The smallest absolute Gasteiger partial charge is 0.312 e. The summed E-state index contributed by atoms with van der Waals surface area (Å²) in [6.07, 6.45) is 1.38. The number of hydrogen-bond donors (Lipinski definition) is 0. The summed E-state index contributed by atoms with van der Waals surface area (Å²) in [7, 11) is -4.47. The molecule has 0 saturated heterocycles. The van der Waals surface area contributed by atoms with Crippen LogP contribution in [0.3, 0.4) is 0 Å². The summed E-state index contributed by atoms with van der Waals surface area (Å²) in [5.74, 6) is -0.295. The molecule has 0 aliphatic rings. The standard InChI is InChI=1S/C11H23O5P/c1-4-11(5-2,10(12)16-6-3)8-7-9-17(13,14)15/h4-9H2,1-3H3,(H2,13,14,15)/p-2. The lowest BCUT2D eigenvalue weighted by Gasteiger charge is -2.33. The van der Waals surface area contributed by atoms with Crippen molar-refractivity contribution in [3.05, 3.63) is 0 Å². The number of rotatable bonds is 8. The highest BCUT2D eigenvalue weighted by Crippen LogP contribution is 2.36. The molecule has 0 unspecified atom stereocenters. The fraction of sp³-hybridized carbons (Fsp3) is 0.909. The quantitative estimate of drug-likeness (QED) is 0.483. The van der Waals surface area contributed by atoms with Crippen LogP contribution in [-0.4, -0.2) is 18.7 Å². The Labute approximate surface area is 103 Å². The number of hydrogen-bond acceptors (Lipinski definition) is 5. The Balaban J connectivity index is 4.51. The predicted octanol–water partition coefficient (Wildman–Crippen LogP) is 1.05. The molecule has 17 heavy (non-hydrogen) atoms. The van der Waals surface area contributed by atoms with Crippen LogP contribution in [0.4, 0.5) is 0 Å². The molecule has 0 bridgehead atoms. The van der Waals surface area contributed by atoms with Gasteiger partial charge in [-0.05, 0) is 38.8 Å². The Hall–Kier alpha value is -0.380. The highest BCUT2D eigenvalue weighted by atomic mass is 31.2. The molecule has 0 spiro atoms. The monoisotopic (exact) mass is 264 g/mol. The molecular weight excluding hydrogens is 243 g/mol. The lowest BCUT2D eigenvalue weighted by atomic mass is 9.78. The molecule has 0 aromatic rings. The highest BCUT2D eigenvalue weighted by molar-refractivity contribution is 7.48. The lowest BCUT2D eigenvalue weighted by Crippen LogP contribution is -2.32. The van der Waals surface area contributed by atoms with Crippen LogP contribution in [0.25, 0.3) is 0 Å². The third kappa shape index (κ3) is 5.66. The SMILES string of the molecule is CCOC(=O)C(CC)(CC)CCCP(=O)([O-])[O-]. The first-order valence-electron chi connectivity index (χ1n) is 5.99. The van der Waals surface area contributed by atoms with Crippen LogP contribution in [-0.2, 0) is 14.1 Å². The van der Waals surface area contributed by atoms with Gasteiger partial charge in [0.2, 0.25) is 0 Å². The van der Waals surface area contributed by atoms with Crippen LogP contribution in [0.5, 0.6) is 0 Å². The molecule has 102 valence electrons. The molecule has 0 rings (SSSR count). The van der Waals surface area contributed by atoms with Gasteiger partial charge in [0.15, 0.2) is 0 Å². The van der Waals surface area contributed by atoms with Gasteiger partial charge in [0, 0.05) is 0 Å². The fourth-order valence-corrected chi connectivity index (χ4v) is 2.43. The second-order valence-electron chi connectivity index (χ2n) is 4.15. The predicted molar refractivity (Wildman–Crippen MR) is 61.4 cm³/mol. The molecule has 0 aromatic heterocycles. The van der Waals surface area contributed by atoms with Crippen molar-refractivity contribution in [2.75, 3.05) is 12.8 Å². The van der Waals surface area contributed by atoms with Gasteiger partial charge in [0.1, 0.15) is 0 Å². The van der Waals surface area contributed by atoms with Crippen molar-refractivity contribution in [3.8, 4) is 0 Å².